The number of carbonyl (C=O) groups excluding carboxylic acids is 1. The average molecular weight is 278 g/mol. The van der Waals surface area contributed by atoms with Crippen LogP contribution in [-0.4, -0.2) is 36.1 Å². The van der Waals surface area contributed by atoms with Crippen LogP contribution in [0.5, 0.6) is 0 Å². The number of hydrogen-bond acceptors (Lipinski definition) is 6. The van der Waals surface area contributed by atoms with Gasteiger partial charge in [-0.25, -0.2) is 0 Å². The number of hydrogen-bond donors (Lipinski definition) is 0. The van der Waals surface area contributed by atoms with Crippen molar-refractivity contribution in [3.8, 4) is 0 Å². The monoisotopic (exact) mass is 278 g/mol. The number of ether oxygens (including phenoxy) is 3. The zero-order valence-corrected chi connectivity index (χ0v) is 11.8. The van der Waals surface area contributed by atoms with Gasteiger partial charge in [0.25, 0.3) is 0 Å². The quantitative estimate of drug-likeness (QED) is 0.581. The van der Waals surface area contributed by atoms with Gasteiger partial charge in [0.2, 0.25) is 4.38 Å². The second-order valence-corrected chi connectivity index (χ2v) is 5.42. The summed E-state index contributed by atoms with van der Waals surface area (Å²) in [7, 11) is 1.40. The fourth-order valence-electron chi connectivity index (χ4n) is 1.69. The van der Waals surface area contributed by atoms with Crippen molar-refractivity contribution >= 4 is 34.3 Å². The van der Waals surface area contributed by atoms with Crippen molar-refractivity contribution in [2.45, 2.75) is 31.6 Å². The van der Waals surface area contributed by atoms with E-state index < -0.39 is 0 Å². The predicted octanol–water partition coefficient (Wildman–Crippen LogP) is 2.36. The zero-order chi connectivity index (χ0) is 12.7. The molecule has 0 aromatic rings. The Balaban J connectivity index is 2.47. The highest BCUT2D eigenvalue weighted by molar-refractivity contribution is 8.22. The molecule has 1 saturated heterocycles. The second-order valence-electron chi connectivity index (χ2n) is 3.72. The van der Waals surface area contributed by atoms with Crippen molar-refractivity contribution in [3.05, 3.63) is 0 Å². The minimum absolute atomic E-state index is 0.0955. The summed E-state index contributed by atoms with van der Waals surface area (Å²) in [6, 6.07) is 0. The summed E-state index contributed by atoms with van der Waals surface area (Å²) in [5, 5.41) is 0. The molecule has 17 heavy (non-hydrogen) atoms. The van der Waals surface area contributed by atoms with Crippen LogP contribution >= 0.6 is 24.0 Å². The first-order chi connectivity index (χ1) is 8.17. The van der Waals surface area contributed by atoms with Gasteiger partial charge in [0, 0.05) is 12.5 Å². The standard InChI is InChI=1S/C11H18O4S2/c1-3-14-11(16)17-10-8(5-4-6-15-10)7-9(12)13-2/h8,10H,3-7H2,1-2H3/t8-,10-/m1/s1. The van der Waals surface area contributed by atoms with Crippen LogP contribution in [-0.2, 0) is 19.0 Å². The minimum Gasteiger partial charge on any atom is -0.479 e. The lowest BCUT2D eigenvalue weighted by Crippen LogP contribution is -2.30. The van der Waals surface area contributed by atoms with Gasteiger partial charge in [-0.15, -0.1) is 0 Å². The molecule has 0 aromatic heterocycles. The van der Waals surface area contributed by atoms with Crippen LogP contribution in [0.25, 0.3) is 0 Å². The van der Waals surface area contributed by atoms with E-state index >= 15 is 0 Å². The van der Waals surface area contributed by atoms with Gasteiger partial charge < -0.3 is 14.2 Å². The number of thioether (sulfide) groups is 1. The molecule has 0 aromatic carbocycles. The summed E-state index contributed by atoms with van der Waals surface area (Å²) in [6.45, 7) is 3.16. The van der Waals surface area contributed by atoms with Gasteiger partial charge in [0.05, 0.1) is 20.1 Å². The summed E-state index contributed by atoms with van der Waals surface area (Å²) in [6.07, 6.45) is 2.31. The van der Waals surface area contributed by atoms with Gasteiger partial charge in [-0.1, -0.05) is 0 Å². The molecule has 0 saturated carbocycles. The van der Waals surface area contributed by atoms with Crippen molar-refractivity contribution in [3.63, 3.8) is 0 Å². The highest BCUT2D eigenvalue weighted by atomic mass is 32.2. The van der Waals surface area contributed by atoms with Crippen LogP contribution in [0, 0.1) is 5.92 Å². The molecule has 98 valence electrons. The predicted molar refractivity (Wildman–Crippen MR) is 70.9 cm³/mol. The molecule has 6 heteroatoms. The third-order valence-electron chi connectivity index (χ3n) is 2.52. The van der Waals surface area contributed by atoms with E-state index in [1.807, 2.05) is 6.92 Å². The number of rotatable bonds is 4. The molecule has 0 bridgehead atoms. The highest BCUT2D eigenvalue weighted by Crippen LogP contribution is 2.32. The third-order valence-corrected chi connectivity index (χ3v) is 3.99. The van der Waals surface area contributed by atoms with E-state index in [1.165, 1.54) is 18.9 Å². The zero-order valence-electron chi connectivity index (χ0n) is 10.1. The second kappa shape index (κ2) is 7.89. The van der Waals surface area contributed by atoms with Crippen LogP contribution in [0.4, 0.5) is 0 Å². The van der Waals surface area contributed by atoms with Crippen LogP contribution in [0.15, 0.2) is 0 Å². The van der Waals surface area contributed by atoms with Gasteiger partial charge in [0.15, 0.2) is 0 Å². The first-order valence-electron chi connectivity index (χ1n) is 5.69. The highest BCUT2D eigenvalue weighted by Gasteiger charge is 2.30. The van der Waals surface area contributed by atoms with Crippen molar-refractivity contribution in [2.24, 2.45) is 5.92 Å². The molecule has 0 N–H and O–H groups in total. The van der Waals surface area contributed by atoms with E-state index in [2.05, 4.69) is 4.74 Å². The van der Waals surface area contributed by atoms with Gasteiger partial charge in [-0.05, 0) is 43.7 Å². The van der Waals surface area contributed by atoms with E-state index in [0.717, 1.165) is 12.8 Å². The molecule has 1 aliphatic rings. The fraction of sp³-hybridized carbons (Fsp3) is 0.818. The van der Waals surface area contributed by atoms with E-state index in [4.69, 9.17) is 21.7 Å². The maximum Gasteiger partial charge on any atom is 0.305 e. The van der Waals surface area contributed by atoms with Gasteiger partial charge >= 0.3 is 5.97 Å². The Hall–Kier alpha value is -0.330. The number of esters is 1. The van der Waals surface area contributed by atoms with Gasteiger partial charge in [-0.2, -0.15) is 0 Å². The summed E-state index contributed by atoms with van der Waals surface area (Å²) >= 11 is 6.46. The molecule has 0 aliphatic carbocycles. The Morgan fingerprint density at radius 3 is 3.00 bits per heavy atom. The first kappa shape index (κ1) is 14.7. The van der Waals surface area contributed by atoms with Gasteiger partial charge in [0.1, 0.15) is 5.44 Å². The summed E-state index contributed by atoms with van der Waals surface area (Å²) in [4.78, 5) is 11.3. The van der Waals surface area contributed by atoms with Crippen LogP contribution in [0.2, 0.25) is 0 Å². The molecule has 1 aliphatic heterocycles. The van der Waals surface area contributed by atoms with E-state index in [9.17, 15) is 4.79 Å². The van der Waals surface area contributed by atoms with Crippen molar-refractivity contribution in [1.29, 1.82) is 0 Å². The summed E-state index contributed by atoms with van der Waals surface area (Å²) in [5.74, 6) is -0.0481. The van der Waals surface area contributed by atoms with Crippen LogP contribution in [0.1, 0.15) is 26.2 Å². The average Bonchev–Trinajstić information content (AvgIpc) is 2.31. The van der Waals surface area contributed by atoms with Gasteiger partial charge in [-0.3, -0.25) is 4.79 Å². The molecule has 1 rings (SSSR count). The molecule has 1 heterocycles. The fourth-order valence-corrected chi connectivity index (χ4v) is 3.06. The summed E-state index contributed by atoms with van der Waals surface area (Å²) < 4.78 is 16.0. The molecule has 4 nitrogen and oxygen atoms in total. The smallest absolute Gasteiger partial charge is 0.305 e. The lowest BCUT2D eigenvalue weighted by Gasteiger charge is -2.30. The van der Waals surface area contributed by atoms with Crippen LogP contribution in [0.3, 0.4) is 0 Å². The lowest BCUT2D eigenvalue weighted by atomic mass is 9.98. The first-order valence-corrected chi connectivity index (χ1v) is 6.98. The molecule has 0 spiro atoms. The molecule has 0 unspecified atom stereocenters. The molecule has 0 amide bonds. The maximum atomic E-state index is 11.3. The topological polar surface area (TPSA) is 44.8 Å². The van der Waals surface area contributed by atoms with Crippen molar-refractivity contribution in [1.82, 2.24) is 0 Å². The third kappa shape index (κ3) is 5.23. The number of carbonyl (C=O) groups is 1. The Morgan fingerprint density at radius 2 is 2.35 bits per heavy atom. The van der Waals surface area contributed by atoms with Crippen molar-refractivity contribution < 1.29 is 19.0 Å². The molecule has 1 fully saturated rings. The molecular weight excluding hydrogens is 260 g/mol. The maximum absolute atomic E-state index is 11.3. The van der Waals surface area contributed by atoms with E-state index in [0.29, 0.717) is 24.0 Å². The van der Waals surface area contributed by atoms with E-state index in [-0.39, 0.29) is 17.3 Å². The minimum atomic E-state index is -0.201. The Labute approximate surface area is 111 Å². The Morgan fingerprint density at radius 1 is 1.59 bits per heavy atom. The lowest BCUT2D eigenvalue weighted by molar-refractivity contribution is -0.143. The molecule has 2 atom stereocenters. The summed E-state index contributed by atoms with van der Waals surface area (Å²) in [5.41, 5.74) is -0.0955. The molecular formula is C11H18O4S2. The largest absolute Gasteiger partial charge is 0.479 e. The van der Waals surface area contributed by atoms with Crippen LogP contribution < -0.4 is 0 Å². The molecule has 0 radical (unpaired) electrons. The normalized spacial score (nSPS) is 24.1. The van der Waals surface area contributed by atoms with Crippen molar-refractivity contribution in [2.75, 3.05) is 20.3 Å². The number of thiocarbonyl (C=S) groups is 1. The Kier molecular flexibility index (Phi) is 6.84. The van der Waals surface area contributed by atoms with E-state index in [1.54, 1.807) is 0 Å². The SMILES string of the molecule is CCOC(=S)S[C@H]1OCCC[C@@H]1CC(=O)OC. The number of methoxy groups -OCH3 is 1. The Bertz CT molecular complexity index is 270.